The van der Waals surface area contributed by atoms with E-state index in [1.165, 1.54) is 0 Å². The zero-order valence-electron chi connectivity index (χ0n) is 3.13. The number of hydrogen-bond acceptors (Lipinski definition) is 1. The Labute approximate surface area is 68.2 Å². The van der Waals surface area contributed by atoms with Crippen LogP contribution >= 0.6 is 12.6 Å². The van der Waals surface area contributed by atoms with E-state index < -0.39 is 0 Å². The van der Waals surface area contributed by atoms with Crippen LogP contribution in [0.5, 0.6) is 0 Å². The van der Waals surface area contributed by atoms with Crippen LogP contribution in [0.15, 0.2) is 11.2 Å². The Morgan fingerprint density at radius 2 is 2.33 bits per heavy atom. The number of nitrogens with zero attached hydrogens (tertiary/aromatic N) is 1. The average Bonchev–Trinajstić information content (AvgIpc) is 1.41. The zero-order chi connectivity index (χ0) is 4.12. The van der Waals surface area contributed by atoms with Crippen molar-refractivity contribution in [2.45, 2.75) is 0 Å². The fourth-order valence-electron chi connectivity index (χ4n) is 0.0333. The van der Waals surface area contributed by atoms with E-state index in [1.54, 1.807) is 0 Å². The zero-order valence-corrected chi connectivity index (χ0v) is 6.86. The second-order valence-electron chi connectivity index (χ2n) is 0.378. The Bertz CT molecular complexity index is 52.8. The van der Waals surface area contributed by atoms with Gasteiger partial charge in [0.05, 0.1) is 0 Å². The second kappa shape index (κ2) is 9.29. The van der Waals surface area contributed by atoms with E-state index in [0.717, 1.165) is 6.20 Å². The molecule has 0 N–H and O–H groups in total. The molecule has 0 aromatic rings. The first-order valence-electron chi connectivity index (χ1n) is 1.04. The van der Waals surface area contributed by atoms with Crippen LogP contribution in [0.3, 0.4) is 0 Å². The van der Waals surface area contributed by atoms with Gasteiger partial charge in [-0.25, -0.2) is 12.6 Å². The van der Waals surface area contributed by atoms with Gasteiger partial charge < -0.3 is 17.8 Å². The molecule has 0 spiro atoms. The molecule has 0 aliphatic carbocycles. The summed E-state index contributed by atoms with van der Waals surface area (Å²) in [6.07, 6.45) is 1.12. The van der Waals surface area contributed by atoms with E-state index in [0.29, 0.717) is 0 Å². The molecule has 0 saturated carbocycles. The van der Waals surface area contributed by atoms with Crippen molar-refractivity contribution in [2.24, 2.45) is 4.99 Å². The molecule has 0 rings (SSSR count). The van der Waals surface area contributed by atoms with Gasteiger partial charge in [0.1, 0.15) is 0 Å². The molecule has 1 radical (unpaired) electrons. The summed E-state index contributed by atoms with van der Waals surface area (Å²) in [5.41, 5.74) is 2.16. The maximum absolute atomic E-state index is 4.74. The number of thiol groups is 1. The molecule has 0 aliphatic rings. The average molecular weight is 174 g/mol. The molecule has 0 bridgehead atoms. The summed E-state index contributed by atoms with van der Waals surface area (Å²) in [6, 6.07) is 0. The number of rotatable bonds is 1. The van der Waals surface area contributed by atoms with E-state index in [-0.39, 0.29) is 32.7 Å². The van der Waals surface area contributed by atoms with Gasteiger partial charge >= 0.3 is 0 Å². The second-order valence-corrected chi connectivity index (χ2v) is 0.578. The molecule has 0 atom stereocenters. The first-order chi connectivity index (χ1) is 2.41. The normalized spacial score (nSPS) is 7.50. The minimum Gasteiger partial charge on any atom is -0.601 e. The van der Waals surface area contributed by atoms with Gasteiger partial charge in [0.2, 0.25) is 0 Å². The van der Waals surface area contributed by atoms with E-state index in [9.17, 15) is 0 Å². The molecule has 0 heterocycles. The van der Waals surface area contributed by atoms with Gasteiger partial charge in [-0.15, -0.1) is 5.55 Å². The maximum atomic E-state index is 4.74. The summed E-state index contributed by atoms with van der Waals surface area (Å²) in [7, 11) is 0. The van der Waals surface area contributed by atoms with Crippen LogP contribution in [0.1, 0.15) is 0 Å². The molecule has 1 nitrogen and oxygen atoms in total. The SMILES string of the molecule is [CH-]=CN=[C-]S.[Y]. The summed E-state index contributed by atoms with van der Waals surface area (Å²) >= 11 is 3.47. The molecule has 0 amide bonds. The molecular formula is C3H3NSY-2. The van der Waals surface area contributed by atoms with Crippen LogP contribution in [0.4, 0.5) is 0 Å². The Balaban J connectivity index is 0. The largest absolute Gasteiger partial charge is 0.601 e. The van der Waals surface area contributed by atoms with Gasteiger partial charge in [-0.3, -0.25) is 0 Å². The van der Waals surface area contributed by atoms with Gasteiger partial charge in [-0.05, 0) is 0 Å². The van der Waals surface area contributed by atoms with Crippen LogP contribution in [0, 0.1) is 6.58 Å². The molecule has 0 fully saturated rings. The van der Waals surface area contributed by atoms with Gasteiger partial charge in [0.15, 0.2) is 0 Å². The topological polar surface area (TPSA) is 12.4 Å². The Kier molecular flexibility index (Phi) is 15.4. The van der Waals surface area contributed by atoms with Crippen molar-refractivity contribution in [3.63, 3.8) is 0 Å². The van der Waals surface area contributed by atoms with Gasteiger partial charge in [0, 0.05) is 32.7 Å². The third-order valence-corrected chi connectivity index (χ3v) is 0.248. The van der Waals surface area contributed by atoms with E-state index in [4.69, 9.17) is 6.58 Å². The van der Waals surface area contributed by atoms with Crippen molar-refractivity contribution < 1.29 is 32.7 Å². The summed E-state index contributed by atoms with van der Waals surface area (Å²) in [5, 5.41) is 0. The monoisotopic (exact) mass is 174 g/mol. The molecule has 0 unspecified atom stereocenters. The van der Waals surface area contributed by atoms with Gasteiger partial charge in [0.25, 0.3) is 0 Å². The summed E-state index contributed by atoms with van der Waals surface area (Å²) < 4.78 is 0. The van der Waals surface area contributed by atoms with Crippen molar-refractivity contribution >= 4 is 18.2 Å². The summed E-state index contributed by atoms with van der Waals surface area (Å²) in [6.45, 7) is 4.74. The predicted octanol–water partition coefficient (Wildman–Crippen LogP) is 0.766. The smallest absolute Gasteiger partial charge is 0 e. The van der Waals surface area contributed by atoms with E-state index in [1.807, 2.05) is 0 Å². The Morgan fingerprint density at radius 1 is 1.83 bits per heavy atom. The predicted molar refractivity (Wildman–Crippen MR) is 25.3 cm³/mol. The van der Waals surface area contributed by atoms with Crippen LogP contribution in [-0.4, -0.2) is 5.55 Å². The van der Waals surface area contributed by atoms with Crippen LogP contribution < -0.4 is 0 Å². The minimum absolute atomic E-state index is 0. The first-order valence-corrected chi connectivity index (χ1v) is 1.49. The first kappa shape index (κ1) is 9.98. The van der Waals surface area contributed by atoms with E-state index >= 15 is 0 Å². The van der Waals surface area contributed by atoms with E-state index in [2.05, 4.69) is 23.2 Å². The fourth-order valence-corrected chi connectivity index (χ4v) is 0.100. The fraction of sp³-hybridized carbons (Fsp3) is 0. The van der Waals surface area contributed by atoms with Crippen LogP contribution in [0.2, 0.25) is 0 Å². The molecule has 0 aromatic carbocycles. The summed E-state index contributed by atoms with van der Waals surface area (Å²) in [4.78, 5) is 3.24. The molecule has 0 saturated heterocycles. The molecule has 31 valence electrons. The summed E-state index contributed by atoms with van der Waals surface area (Å²) in [5.74, 6) is 0. The Hall–Kier alpha value is 0.864. The third-order valence-electron chi connectivity index (χ3n) is 0.132. The Morgan fingerprint density at radius 3 is 2.33 bits per heavy atom. The quantitative estimate of drug-likeness (QED) is 0.261. The molecule has 6 heavy (non-hydrogen) atoms. The molecule has 3 heteroatoms. The van der Waals surface area contributed by atoms with Crippen LogP contribution in [-0.2, 0) is 32.7 Å². The van der Waals surface area contributed by atoms with Crippen LogP contribution in [0.25, 0.3) is 0 Å². The standard InChI is InChI=1S/C3H3NS.Y/c1-2-4-3-5;/h1-2H,(H,4,5);/q-2;. The van der Waals surface area contributed by atoms with Gasteiger partial charge in [-0.1, -0.05) is 0 Å². The minimum atomic E-state index is 0. The number of aliphatic imine (C=N–C) groups is 1. The van der Waals surface area contributed by atoms with Crippen molar-refractivity contribution in [3.05, 3.63) is 12.8 Å². The van der Waals surface area contributed by atoms with Gasteiger partial charge in [-0.2, -0.15) is 0 Å². The molecule has 0 aromatic heterocycles. The maximum Gasteiger partial charge on any atom is 0 e. The van der Waals surface area contributed by atoms with Crippen molar-refractivity contribution in [1.82, 2.24) is 0 Å². The molecular weight excluding hydrogens is 171 g/mol. The van der Waals surface area contributed by atoms with Crippen molar-refractivity contribution in [2.75, 3.05) is 0 Å². The van der Waals surface area contributed by atoms with Crippen molar-refractivity contribution in [1.29, 1.82) is 0 Å². The third kappa shape index (κ3) is 8.85. The number of hydrogen-bond donors (Lipinski definition) is 1. The molecule has 0 aliphatic heterocycles. The van der Waals surface area contributed by atoms with Crippen molar-refractivity contribution in [3.8, 4) is 0 Å².